The molecule has 9 heteroatoms. The summed E-state index contributed by atoms with van der Waals surface area (Å²) < 4.78 is 0. The van der Waals surface area contributed by atoms with Crippen LogP contribution in [0, 0.1) is 0 Å². The second-order valence-corrected chi connectivity index (χ2v) is 6.66. The number of carboxylic acid groups (broad SMARTS) is 1. The maximum atomic E-state index is 11.7. The molecule has 7 nitrogen and oxygen atoms in total. The third kappa shape index (κ3) is 3.21. The third-order valence-electron chi connectivity index (χ3n) is 4.37. The van der Waals surface area contributed by atoms with Crippen LogP contribution in [0.15, 0.2) is 41.8 Å². The molecule has 1 unspecified atom stereocenters. The van der Waals surface area contributed by atoms with E-state index in [4.69, 9.17) is 23.2 Å². The van der Waals surface area contributed by atoms with E-state index in [1.807, 2.05) is 4.90 Å². The van der Waals surface area contributed by atoms with Gasteiger partial charge in [-0.05, 0) is 24.3 Å². The summed E-state index contributed by atoms with van der Waals surface area (Å²) in [7, 11) is 0. The molecule has 2 heterocycles. The Morgan fingerprint density at radius 1 is 1.38 bits per heavy atom. The summed E-state index contributed by atoms with van der Waals surface area (Å²) in [6.07, 6.45) is 4.15. The van der Waals surface area contributed by atoms with Crippen molar-refractivity contribution < 1.29 is 15.1 Å². The van der Waals surface area contributed by atoms with Crippen molar-refractivity contribution in [2.45, 2.75) is 5.54 Å². The first-order chi connectivity index (χ1) is 12.5. The number of halogens is 2. The Morgan fingerprint density at radius 3 is 2.92 bits per heavy atom. The van der Waals surface area contributed by atoms with Crippen molar-refractivity contribution in [1.82, 2.24) is 10.3 Å². The second kappa shape index (κ2) is 7.49. The number of nitrogens with zero attached hydrogens (tertiary/aromatic N) is 3. The first-order valence-electron chi connectivity index (χ1n) is 7.79. The fraction of sp³-hybridized carbons (Fsp3) is 0.235. The molecule has 3 rings (SSSR count). The molecule has 0 bridgehead atoms. The molecule has 1 aliphatic rings. The molecule has 0 spiro atoms. The van der Waals surface area contributed by atoms with Crippen molar-refractivity contribution in [2.24, 2.45) is 5.16 Å². The van der Waals surface area contributed by atoms with Gasteiger partial charge in [-0.1, -0.05) is 28.4 Å². The molecule has 2 aromatic rings. The van der Waals surface area contributed by atoms with E-state index in [1.165, 1.54) is 18.6 Å². The summed E-state index contributed by atoms with van der Waals surface area (Å²) in [5.74, 6) is -1.10. The maximum absolute atomic E-state index is 11.7. The van der Waals surface area contributed by atoms with Crippen LogP contribution in [0.25, 0.3) is 0 Å². The minimum Gasteiger partial charge on any atom is -0.478 e. The summed E-state index contributed by atoms with van der Waals surface area (Å²) in [6.45, 7) is 1.41. The van der Waals surface area contributed by atoms with Crippen LogP contribution in [0.2, 0.25) is 10.0 Å². The highest BCUT2D eigenvalue weighted by molar-refractivity contribution is 6.34. The number of hydrogen-bond acceptors (Lipinski definition) is 6. The van der Waals surface area contributed by atoms with E-state index in [2.05, 4.69) is 15.5 Å². The lowest BCUT2D eigenvalue weighted by atomic mass is 9.86. The molecule has 0 amide bonds. The Morgan fingerprint density at radius 2 is 2.19 bits per heavy atom. The van der Waals surface area contributed by atoms with E-state index < -0.39 is 11.5 Å². The van der Waals surface area contributed by atoms with Crippen LogP contribution in [0.4, 0.5) is 5.69 Å². The van der Waals surface area contributed by atoms with Gasteiger partial charge < -0.3 is 20.5 Å². The summed E-state index contributed by atoms with van der Waals surface area (Å²) in [4.78, 5) is 17.4. The molecule has 0 saturated carbocycles. The van der Waals surface area contributed by atoms with Crippen molar-refractivity contribution in [1.29, 1.82) is 0 Å². The summed E-state index contributed by atoms with van der Waals surface area (Å²) in [6, 6.07) is 6.62. The number of benzene rings is 1. The smallest absolute Gasteiger partial charge is 0.339 e. The predicted octanol–water partition coefficient (Wildman–Crippen LogP) is 2.85. The fourth-order valence-corrected chi connectivity index (χ4v) is 3.69. The van der Waals surface area contributed by atoms with Crippen LogP contribution in [0.3, 0.4) is 0 Å². The van der Waals surface area contributed by atoms with Crippen LogP contribution in [0.1, 0.15) is 15.9 Å². The van der Waals surface area contributed by atoms with Crippen molar-refractivity contribution in [3.05, 3.63) is 57.8 Å². The molecular weight excluding hydrogens is 379 g/mol. The van der Waals surface area contributed by atoms with Crippen LogP contribution in [-0.4, -0.2) is 47.1 Å². The van der Waals surface area contributed by atoms with Gasteiger partial charge in [0.05, 0.1) is 11.9 Å². The molecule has 26 heavy (non-hydrogen) atoms. The lowest BCUT2D eigenvalue weighted by Crippen LogP contribution is -2.61. The Labute approximate surface area is 159 Å². The Hall–Kier alpha value is -2.35. The lowest BCUT2D eigenvalue weighted by molar-refractivity contribution is 0.0697. The largest absolute Gasteiger partial charge is 0.478 e. The standard InChI is InChI=1S/C17H16Cl2N4O3/c18-11-1-2-14(19)13(7-11)17(10-22-26)9-21-5-6-23(17)15-3-4-20-8-12(15)16(24)25/h1-4,7-8,10,21,26H,5-6,9H2,(H,24,25). The monoisotopic (exact) mass is 394 g/mol. The van der Waals surface area contributed by atoms with E-state index >= 15 is 0 Å². The third-order valence-corrected chi connectivity index (χ3v) is 4.94. The van der Waals surface area contributed by atoms with E-state index in [1.54, 1.807) is 24.3 Å². The van der Waals surface area contributed by atoms with Crippen molar-refractivity contribution >= 4 is 41.1 Å². The van der Waals surface area contributed by atoms with Crippen LogP contribution < -0.4 is 10.2 Å². The molecule has 1 fully saturated rings. The first kappa shape index (κ1) is 18.4. The molecule has 0 aliphatic carbocycles. The van der Waals surface area contributed by atoms with Crippen molar-refractivity contribution in [2.75, 3.05) is 24.5 Å². The number of pyridine rings is 1. The van der Waals surface area contributed by atoms with Gasteiger partial charge in [0.1, 0.15) is 11.1 Å². The fourth-order valence-electron chi connectivity index (χ4n) is 3.24. The van der Waals surface area contributed by atoms with Gasteiger partial charge in [0.2, 0.25) is 0 Å². The molecule has 1 atom stereocenters. The normalized spacial score (nSPS) is 20.5. The number of carbonyl (C=O) groups is 1. The summed E-state index contributed by atoms with van der Waals surface area (Å²) in [5, 5.41) is 26.3. The highest BCUT2D eigenvalue weighted by atomic mass is 35.5. The summed E-state index contributed by atoms with van der Waals surface area (Å²) in [5.41, 5.74) is 0.0681. The number of aromatic carboxylic acids is 1. The molecule has 1 aromatic heterocycles. The van der Waals surface area contributed by atoms with E-state index in [0.717, 1.165) is 0 Å². The SMILES string of the molecule is O=C(O)c1cnccc1N1CCNCC1(C=NO)c1cc(Cl)ccc1Cl. The molecule has 1 aliphatic heterocycles. The van der Waals surface area contributed by atoms with Gasteiger partial charge in [-0.15, -0.1) is 0 Å². The minimum atomic E-state index is -1.10. The number of piperazine rings is 1. The molecular formula is C17H16Cl2N4O3. The summed E-state index contributed by atoms with van der Waals surface area (Å²) >= 11 is 12.6. The Kier molecular flexibility index (Phi) is 5.31. The number of anilines is 1. The zero-order chi connectivity index (χ0) is 18.7. The van der Waals surface area contributed by atoms with Gasteiger partial charge in [0.15, 0.2) is 0 Å². The van der Waals surface area contributed by atoms with Crippen molar-refractivity contribution in [3.63, 3.8) is 0 Å². The number of aromatic nitrogens is 1. The quantitative estimate of drug-likeness (QED) is 0.419. The second-order valence-electron chi connectivity index (χ2n) is 5.82. The van der Waals surface area contributed by atoms with E-state index in [-0.39, 0.29) is 5.56 Å². The zero-order valence-corrected chi connectivity index (χ0v) is 15.1. The molecule has 136 valence electrons. The average Bonchev–Trinajstić information content (AvgIpc) is 2.64. The molecule has 1 saturated heterocycles. The average molecular weight is 395 g/mol. The van der Waals surface area contributed by atoms with Gasteiger partial charge in [-0.3, -0.25) is 4.98 Å². The maximum Gasteiger partial charge on any atom is 0.339 e. The van der Waals surface area contributed by atoms with Crippen molar-refractivity contribution in [3.8, 4) is 0 Å². The van der Waals surface area contributed by atoms with Crippen LogP contribution in [0.5, 0.6) is 0 Å². The number of rotatable bonds is 4. The Bertz CT molecular complexity index is 862. The van der Waals surface area contributed by atoms with Gasteiger partial charge in [-0.25, -0.2) is 4.79 Å². The number of nitrogens with one attached hydrogen (secondary N) is 1. The van der Waals surface area contributed by atoms with Gasteiger partial charge in [0, 0.05) is 47.6 Å². The number of carboxylic acids is 1. The highest BCUT2D eigenvalue weighted by Gasteiger charge is 2.42. The molecule has 0 radical (unpaired) electrons. The van der Waals surface area contributed by atoms with Gasteiger partial charge in [-0.2, -0.15) is 0 Å². The van der Waals surface area contributed by atoms with Gasteiger partial charge in [0.25, 0.3) is 0 Å². The zero-order valence-electron chi connectivity index (χ0n) is 13.6. The van der Waals surface area contributed by atoms with E-state index in [9.17, 15) is 15.1 Å². The molecule has 1 aromatic carbocycles. The number of hydrogen-bond donors (Lipinski definition) is 3. The highest BCUT2D eigenvalue weighted by Crippen LogP contribution is 2.39. The van der Waals surface area contributed by atoms with Gasteiger partial charge >= 0.3 is 5.97 Å². The first-order valence-corrected chi connectivity index (χ1v) is 8.55. The van der Waals surface area contributed by atoms with Crippen LogP contribution >= 0.6 is 23.2 Å². The topological polar surface area (TPSA) is 98.0 Å². The Balaban J connectivity index is 2.25. The number of oxime groups is 1. The minimum absolute atomic E-state index is 0.0447. The van der Waals surface area contributed by atoms with E-state index in [0.29, 0.717) is 40.9 Å². The molecule has 3 N–H and O–H groups in total. The predicted molar refractivity (Wildman–Crippen MR) is 99.8 cm³/mol. The lowest BCUT2D eigenvalue weighted by Gasteiger charge is -2.47. The van der Waals surface area contributed by atoms with Crippen LogP contribution in [-0.2, 0) is 5.54 Å².